The number of carbonyl (C=O) groups excluding carboxylic acids is 3. The molecule has 4 amide bonds. The maximum absolute atomic E-state index is 13.2. The van der Waals surface area contributed by atoms with Crippen LogP contribution < -0.4 is 15.4 Å². The molecule has 0 saturated heterocycles. The Morgan fingerprint density at radius 3 is 2.53 bits per heavy atom. The summed E-state index contributed by atoms with van der Waals surface area (Å²) >= 11 is 0. The van der Waals surface area contributed by atoms with Crippen molar-refractivity contribution < 1.29 is 28.6 Å². The Kier molecular flexibility index (Phi) is 10.1. The summed E-state index contributed by atoms with van der Waals surface area (Å²) in [5.74, 6) is -0.244. The van der Waals surface area contributed by atoms with E-state index in [9.17, 15) is 14.4 Å². The molecule has 3 atom stereocenters. The van der Waals surface area contributed by atoms with Crippen molar-refractivity contribution >= 4 is 23.5 Å². The molecule has 0 aromatic heterocycles. The number of anilines is 1. The van der Waals surface area contributed by atoms with Crippen LogP contribution in [0.1, 0.15) is 38.1 Å². The summed E-state index contributed by atoms with van der Waals surface area (Å²) < 4.78 is 16.6. The molecular weight excluding hydrogens is 440 g/mol. The monoisotopic (exact) mass is 478 g/mol. The SMILES string of the molecule is COCC(=O)Nc1ccc2c(c1)OC[C@@H](C)N(C(=O)NC(C)C)C[C@@H](C)[C@@H](OC)CN(C)C2=O. The summed E-state index contributed by atoms with van der Waals surface area (Å²) in [7, 11) is 4.75. The Morgan fingerprint density at radius 2 is 1.91 bits per heavy atom. The lowest BCUT2D eigenvalue weighted by molar-refractivity contribution is -0.119. The van der Waals surface area contributed by atoms with Gasteiger partial charge in [0.15, 0.2) is 0 Å². The smallest absolute Gasteiger partial charge is 0.317 e. The van der Waals surface area contributed by atoms with Crippen molar-refractivity contribution in [2.75, 3.05) is 52.9 Å². The second kappa shape index (κ2) is 12.6. The molecule has 1 aliphatic heterocycles. The van der Waals surface area contributed by atoms with E-state index in [2.05, 4.69) is 10.6 Å². The fourth-order valence-electron chi connectivity index (χ4n) is 3.79. The zero-order valence-electron chi connectivity index (χ0n) is 21.2. The maximum Gasteiger partial charge on any atom is 0.317 e. The van der Waals surface area contributed by atoms with Crippen LogP contribution in [0.2, 0.25) is 0 Å². The Balaban J connectivity index is 2.42. The van der Waals surface area contributed by atoms with Crippen molar-refractivity contribution in [3.05, 3.63) is 23.8 Å². The van der Waals surface area contributed by atoms with E-state index in [1.165, 1.54) is 7.11 Å². The fraction of sp³-hybridized carbons (Fsp3) is 0.625. The minimum Gasteiger partial charge on any atom is -0.491 e. The normalized spacial score (nSPS) is 21.8. The lowest BCUT2D eigenvalue weighted by Crippen LogP contribution is -2.52. The van der Waals surface area contributed by atoms with E-state index in [1.54, 1.807) is 42.2 Å². The largest absolute Gasteiger partial charge is 0.491 e. The van der Waals surface area contributed by atoms with Gasteiger partial charge in [0.05, 0.1) is 17.7 Å². The van der Waals surface area contributed by atoms with Crippen LogP contribution in [0.25, 0.3) is 0 Å². The molecule has 0 unspecified atom stereocenters. The predicted octanol–water partition coefficient (Wildman–Crippen LogP) is 2.20. The Bertz CT molecular complexity index is 862. The summed E-state index contributed by atoms with van der Waals surface area (Å²) in [5.41, 5.74) is 0.842. The van der Waals surface area contributed by atoms with Crippen molar-refractivity contribution in [3.8, 4) is 5.75 Å². The van der Waals surface area contributed by atoms with E-state index >= 15 is 0 Å². The zero-order valence-corrected chi connectivity index (χ0v) is 21.2. The van der Waals surface area contributed by atoms with Gasteiger partial charge < -0.3 is 34.6 Å². The molecule has 0 spiro atoms. The molecule has 34 heavy (non-hydrogen) atoms. The zero-order chi connectivity index (χ0) is 25.4. The molecule has 2 N–H and O–H groups in total. The first kappa shape index (κ1) is 27.4. The average Bonchev–Trinajstić information content (AvgIpc) is 2.77. The van der Waals surface area contributed by atoms with Crippen LogP contribution in [0.5, 0.6) is 5.75 Å². The highest BCUT2D eigenvalue weighted by Crippen LogP contribution is 2.27. The van der Waals surface area contributed by atoms with Gasteiger partial charge >= 0.3 is 6.03 Å². The third-order valence-corrected chi connectivity index (χ3v) is 5.68. The molecule has 2 rings (SSSR count). The van der Waals surface area contributed by atoms with Gasteiger partial charge in [0.1, 0.15) is 19.0 Å². The number of urea groups is 1. The standard InChI is InChI=1S/C24H38N4O6/c1-15(2)25-24(31)28-11-16(3)21(33-7)12-27(5)23(30)19-9-8-18(26-22(29)14-32-6)10-20(19)34-13-17(28)4/h8-10,15-17,21H,11-14H2,1-7H3,(H,25,31)(H,26,29)/t16-,17-,21+/m1/s1. The topological polar surface area (TPSA) is 109 Å². The van der Waals surface area contributed by atoms with Crippen LogP contribution >= 0.6 is 0 Å². The molecule has 0 aliphatic carbocycles. The van der Waals surface area contributed by atoms with Crippen molar-refractivity contribution in [1.82, 2.24) is 15.1 Å². The van der Waals surface area contributed by atoms with E-state index < -0.39 is 0 Å². The number of benzene rings is 1. The molecule has 1 aliphatic rings. The average molecular weight is 479 g/mol. The molecule has 1 aromatic carbocycles. The number of carbonyl (C=O) groups is 3. The molecule has 0 fully saturated rings. The summed E-state index contributed by atoms with van der Waals surface area (Å²) in [6.45, 7) is 8.57. The molecular formula is C24H38N4O6. The molecule has 0 bridgehead atoms. The van der Waals surface area contributed by atoms with Crippen LogP contribution in [0.4, 0.5) is 10.5 Å². The second-order valence-electron chi connectivity index (χ2n) is 9.05. The van der Waals surface area contributed by atoms with Gasteiger partial charge in [-0.25, -0.2) is 4.79 Å². The molecule has 1 heterocycles. The summed E-state index contributed by atoms with van der Waals surface area (Å²) in [6, 6.07) is 4.40. The van der Waals surface area contributed by atoms with Crippen LogP contribution in [-0.2, 0) is 14.3 Å². The third kappa shape index (κ3) is 7.33. The summed E-state index contributed by atoms with van der Waals surface area (Å²) in [4.78, 5) is 41.5. The molecule has 10 heteroatoms. The van der Waals surface area contributed by atoms with Gasteiger partial charge in [-0.05, 0) is 32.9 Å². The Hall–Kier alpha value is -2.85. The van der Waals surface area contributed by atoms with Crippen LogP contribution in [0.15, 0.2) is 18.2 Å². The molecule has 10 nitrogen and oxygen atoms in total. The van der Waals surface area contributed by atoms with Crippen molar-refractivity contribution in [2.45, 2.75) is 45.9 Å². The lowest BCUT2D eigenvalue weighted by atomic mass is 10.0. The highest BCUT2D eigenvalue weighted by molar-refractivity contribution is 5.98. The van der Waals surface area contributed by atoms with Crippen LogP contribution in [0, 0.1) is 5.92 Å². The summed E-state index contributed by atoms with van der Waals surface area (Å²) in [6.07, 6.45) is -0.271. The van der Waals surface area contributed by atoms with Gasteiger partial charge in [-0.3, -0.25) is 9.59 Å². The first-order valence-electron chi connectivity index (χ1n) is 11.5. The predicted molar refractivity (Wildman–Crippen MR) is 129 cm³/mol. The van der Waals surface area contributed by atoms with Crippen LogP contribution in [0.3, 0.4) is 0 Å². The third-order valence-electron chi connectivity index (χ3n) is 5.68. The Morgan fingerprint density at radius 1 is 1.21 bits per heavy atom. The minimum absolute atomic E-state index is 0.0155. The number of nitrogens with one attached hydrogen (secondary N) is 2. The highest BCUT2D eigenvalue weighted by atomic mass is 16.5. The van der Waals surface area contributed by atoms with Crippen molar-refractivity contribution in [3.63, 3.8) is 0 Å². The van der Waals surface area contributed by atoms with E-state index in [0.717, 1.165) is 0 Å². The van der Waals surface area contributed by atoms with Gasteiger partial charge in [-0.2, -0.15) is 0 Å². The highest BCUT2D eigenvalue weighted by Gasteiger charge is 2.30. The molecule has 190 valence electrons. The number of fused-ring (bicyclic) bond motifs is 1. The van der Waals surface area contributed by atoms with Gasteiger partial charge in [-0.15, -0.1) is 0 Å². The van der Waals surface area contributed by atoms with Crippen LogP contribution in [-0.4, -0.2) is 93.4 Å². The van der Waals surface area contributed by atoms with E-state index in [4.69, 9.17) is 14.2 Å². The number of nitrogens with zero attached hydrogens (tertiary/aromatic N) is 2. The number of hydrogen-bond acceptors (Lipinski definition) is 6. The first-order valence-corrected chi connectivity index (χ1v) is 11.5. The van der Waals surface area contributed by atoms with Gasteiger partial charge in [0.25, 0.3) is 5.91 Å². The number of likely N-dealkylation sites (N-methyl/N-ethyl adjacent to an activating group) is 1. The quantitative estimate of drug-likeness (QED) is 0.672. The van der Waals surface area contributed by atoms with Crippen molar-refractivity contribution in [2.24, 2.45) is 5.92 Å². The lowest BCUT2D eigenvalue weighted by Gasteiger charge is -2.36. The van der Waals surface area contributed by atoms with E-state index in [0.29, 0.717) is 30.1 Å². The van der Waals surface area contributed by atoms with Gasteiger partial charge in [0, 0.05) is 58.1 Å². The number of rotatable bonds is 5. The number of methoxy groups -OCH3 is 2. The molecule has 1 aromatic rings. The second-order valence-corrected chi connectivity index (χ2v) is 9.05. The Labute approximate surface area is 201 Å². The molecule has 0 radical (unpaired) electrons. The summed E-state index contributed by atoms with van der Waals surface area (Å²) in [5, 5.41) is 5.68. The maximum atomic E-state index is 13.2. The fourth-order valence-corrected chi connectivity index (χ4v) is 3.79. The first-order chi connectivity index (χ1) is 16.1. The van der Waals surface area contributed by atoms with E-state index in [1.807, 2.05) is 27.7 Å². The number of hydrogen-bond donors (Lipinski definition) is 2. The van der Waals surface area contributed by atoms with Gasteiger partial charge in [0.2, 0.25) is 5.91 Å². The number of amides is 4. The van der Waals surface area contributed by atoms with Gasteiger partial charge in [-0.1, -0.05) is 6.92 Å². The molecule has 0 saturated carbocycles. The minimum atomic E-state index is -0.319. The number of ether oxygens (including phenoxy) is 3. The van der Waals surface area contributed by atoms with Crippen molar-refractivity contribution in [1.29, 1.82) is 0 Å². The van der Waals surface area contributed by atoms with E-state index in [-0.39, 0.29) is 55.2 Å².